The minimum Gasteiger partial charge on any atom is -0.306 e. The van der Waals surface area contributed by atoms with Crippen molar-refractivity contribution in [3.63, 3.8) is 0 Å². The molecule has 20 heavy (non-hydrogen) atoms. The van der Waals surface area contributed by atoms with Gasteiger partial charge in [0.15, 0.2) is 0 Å². The van der Waals surface area contributed by atoms with Crippen LogP contribution in [0.4, 0.5) is 4.39 Å². The quantitative estimate of drug-likeness (QED) is 0.914. The molecule has 2 nitrogen and oxygen atoms in total. The lowest BCUT2D eigenvalue weighted by molar-refractivity contribution is 0.568. The summed E-state index contributed by atoms with van der Waals surface area (Å²) in [5, 5.41) is 12.3. The first-order valence-electron chi connectivity index (χ1n) is 6.58. The molecule has 0 fully saturated rings. The van der Waals surface area contributed by atoms with E-state index in [4.69, 9.17) is 5.26 Å². The Morgan fingerprint density at radius 3 is 2.55 bits per heavy atom. The van der Waals surface area contributed by atoms with Gasteiger partial charge in [0.1, 0.15) is 5.82 Å². The third-order valence-electron chi connectivity index (χ3n) is 3.36. The van der Waals surface area contributed by atoms with E-state index in [0.29, 0.717) is 17.7 Å². The predicted octanol–water partition coefficient (Wildman–Crippen LogP) is 3.86. The van der Waals surface area contributed by atoms with E-state index in [0.717, 1.165) is 0 Å². The molecule has 0 bridgehead atoms. The van der Waals surface area contributed by atoms with Gasteiger partial charge < -0.3 is 5.32 Å². The molecule has 0 aliphatic heterocycles. The molecule has 1 unspecified atom stereocenters. The van der Waals surface area contributed by atoms with Gasteiger partial charge in [0.25, 0.3) is 0 Å². The molecule has 0 spiro atoms. The van der Waals surface area contributed by atoms with E-state index < -0.39 is 0 Å². The normalized spacial score (nSPS) is 11.9. The summed E-state index contributed by atoms with van der Waals surface area (Å²) in [4.78, 5) is 0. The third kappa shape index (κ3) is 3.43. The van der Waals surface area contributed by atoms with Gasteiger partial charge in [-0.25, -0.2) is 4.39 Å². The highest BCUT2D eigenvalue weighted by Gasteiger charge is 2.08. The number of nitrogens with one attached hydrogen (secondary N) is 1. The van der Waals surface area contributed by atoms with Gasteiger partial charge in [-0.05, 0) is 43.2 Å². The van der Waals surface area contributed by atoms with Crippen LogP contribution in [0.25, 0.3) is 0 Å². The largest absolute Gasteiger partial charge is 0.306 e. The van der Waals surface area contributed by atoms with Crippen molar-refractivity contribution in [1.29, 1.82) is 5.26 Å². The van der Waals surface area contributed by atoms with Crippen molar-refractivity contribution in [2.24, 2.45) is 0 Å². The van der Waals surface area contributed by atoms with Gasteiger partial charge in [0.2, 0.25) is 0 Å². The Morgan fingerprint density at radius 2 is 1.90 bits per heavy atom. The molecule has 0 aromatic heterocycles. The van der Waals surface area contributed by atoms with E-state index in [9.17, 15) is 4.39 Å². The Kier molecular flexibility index (Phi) is 4.49. The van der Waals surface area contributed by atoms with Crippen LogP contribution in [0.1, 0.15) is 35.2 Å². The third-order valence-corrected chi connectivity index (χ3v) is 3.36. The molecular formula is C17H17FN2. The highest BCUT2D eigenvalue weighted by atomic mass is 19.1. The minimum absolute atomic E-state index is 0.144. The molecule has 2 aromatic carbocycles. The predicted molar refractivity (Wildman–Crippen MR) is 77.5 cm³/mol. The van der Waals surface area contributed by atoms with Crippen LogP contribution in [0.5, 0.6) is 0 Å². The first kappa shape index (κ1) is 14.2. The summed E-state index contributed by atoms with van der Waals surface area (Å²) < 4.78 is 13.2. The molecule has 0 radical (unpaired) electrons. The molecule has 0 saturated carbocycles. The maximum Gasteiger partial charge on any atom is 0.123 e. The fraction of sp³-hybridized carbons (Fsp3) is 0.235. The number of benzene rings is 2. The van der Waals surface area contributed by atoms with Crippen molar-refractivity contribution >= 4 is 0 Å². The molecule has 0 amide bonds. The summed E-state index contributed by atoms with van der Waals surface area (Å²) in [5.41, 5.74) is 3.59. The van der Waals surface area contributed by atoms with Crippen LogP contribution in [-0.2, 0) is 6.54 Å². The van der Waals surface area contributed by atoms with Gasteiger partial charge in [0, 0.05) is 12.6 Å². The Bertz CT molecular complexity index is 626. The van der Waals surface area contributed by atoms with Crippen LogP contribution < -0.4 is 5.32 Å². The Hall–Kier alpha value is -2.18. The first-order valence-corrected chi connectivity index (χ1v) is 6.58. The van der Waals surface area contributed by atoms with Crippen molar-refractivity contribution in [3.05, 3.63) is 70.5 Å². The molecule has 0 heterocycles. The topological polar surface area (TPSA) is 35.8 Å². The Balaban J connectivity index is 2.07. The fourth-order valence-corrected chi connectivity index (χ4v) is 2.05. The van der Waals surface area contributed by atoms with Gasteiger partial charge >= 0.3 is 0 Å². The van der Waals surface area contributed by atoms with Gasteiger partial charge in [-0.15, -0.1) is 0 Å². The lowest BCUT2D eigenvalue weighted by atomic mass is 10.0. The number of rotatable bonds is 4. The zero-order valence-electron chi connectivity index (χ0n) is 11.7. The zero-order chi connectivity index (χ0) is 14.5. The minimum atomic E-state index is -0.316. The zero-order valence-corrected chi connectivity index (χ0v) is 11.7. The molecule has 2 rings (SSSR count). The van der Waals surface area contributed by atoms with Gasteiger partial charge in [-0.1, -0.05) is 29.8 Å². The summed E-state index contributed by atoms with van der Waals surface area (Å²) in [6, 6.07) is 14.7. The van der Waals surface area contributed by atoms with Crippen molar-refractivity contribution < 1.29 is 4.39 Å². The van der Waals surface area contributed by atoms with Crippen LogP contribution in [0.15, 0.2) is 42.5 Å². The maximum absolute atomic E-state index is 13.2. The first-order chi connectivity index (χ1) is 9.60. The van der Waals surface area contributed by atoms with Gasteiger partial charge in [-0.2, -0.15) is 5.26 Å². The molecule has 102 valence electrons. The molecule has 0 aliphatic rings. The maximum atomic E-state index is 13.2. The lowest BCUT2D eigenvalue weighted by Gasteiger charge is -2.15. The highest BCUT2D eigenvalue weighted by Crippen LogP contribution is 2.16. The summed E-state index contributed by atoms with van der Waals surface area (Å²) in [7, 11) is 0. The van der Waals surface area contributed by atoms with E-state index >= 15 is 0 Å². The number of hydrogen-bond donors (Lipinski definition) is 1. The second-order valence-electron chi connectivity index (χ2n) is 4.93. The van der Waals surface area contributed by atoms with Crippen molar-refractivity contribution in [1.82, 2.24) is 5.32 Å². The lowest BCUT2D eigenvalue weighted by Crippen LogP contribution is -2.18. The van der Waals surface area contributed by atoms with Crippen molar-refractivity contribution in [3.8, 4) is 6.07 Å². The number of nitrogens with zero attached hydrogens (tertiary/aromatic N) is 1. The monoisotopic (exact) mass is 268 g/mol. The van der Waals surface area contributed by atoms with E-state index in [2.05, 4.69) is 42.6 Å². The number of aryl methyl sites for hydroxylation is 1. The van der Waals surface area contributed by atoms with Gasteiger partial charge in [-0.3, -0.25) is 0 Å². The van der Waals surface area contributed by atoms with E-state index in [-0.39, 0.29) is 11.9 Å². The highest BCUT2D eigenvalue weighted by molar-refractivity contribution is 5.38. The molecule has 0 aliphatic carbocycles. The average Bonchev–Trinajstić information content (AvgIpc) is 2.45. The standard InChI is InChI=1S/C17H17FN2/c1-12-3-5-14(6-4-12)13(2)20-11-16-9-17(18)8-7-15(16)10-19/h3-9,13,20H,11H2,1-2H3. The van der Waals surface area contributed by atoms with Crippen molar-refractivity contribution in [2.45, 2.75) is 26.4 Å². The van der Waals surface area contributed by atoms with E-state index in [1.165, 1.54) is 29.3 Å². The second kappa shape index (κ2) is 6.31. The average molecular weight is 268 g/mol. The molecule has 1 atom stereocenters. The smallest absolute Gasteiger partial charge is 0.123 e. The Labute approximate surface area is 118 Å². The summed E-state index contributed by atoms with van der Waals surface area (Å²) in [6.07, 6.45) is 0. The Morgan fingerprint density at radius 1 is 1.20 bits per heavy atom. The summed E-state index contributed by atoms with van der Waals surface area (Å²) in [6.45, 7) is 4.57. The van der Waals surface area contributed by atoms with Crippen LogP contribution in [-0.4, -0.2) is 0 Å². The molecule has 0 saturated heterocycles. The SMILES string of the molecule is Cc1ccc(C(C)NCc2cc(F)ccc2C#N)cc1. The van der Waals surface area contributed by atoms with E-state index in [1.807, 2.05) is 6.92 Å². The molecular weight excluding hydrogens is 251 g/mol. The van der Waals surface area contributed by atoms with Crippen molar-refractivity contribution in [2.75, 3.05) is 0 Å². The molecule has 1 N–H and O–H groups in total. The molecule has 2 aromatic rings. The molecule has 3 heteroatoms. The van der Waals surface area contributed by atoms with Gasteiger partial charge in [0.05, 0.1) is 11.6 Å². The number of nitriles is 1. The van der Waals surface area contributed by atoms with Crippen LogP contribution >= 0.6 is 0 Å². The number of hydrogen-bond acceptors (Lipinski definition) is 2. The van der Waals surface area contributed by atoms with Crippen LogP contribution in [0, 0.1) is 24.1 Å². The summed E-state index contributed by atoms with van der Waals surface area (Å²) in [5.74, 6) is -0.316. The van der Waals surface area contributed by atoms with Crippen LogP contribution in [0.2, 0.25) is 0 Å². The fourth-order valence-electron chi connectivity index (χ4n) is 2.05. The summed E-state index contributed by atoms with van der Waals surface area (Å²) >= 11 is 0. The van der Waals surface area contributed by atoms with E-state index in [1.54, 1.807) is 0 Å². The number of halogens is 1. The second-order valence-corrected chi connectivity index (χ2v) is 4.93. The van der Waals surface area contributed by atoms with Crippen LogP contribution in [0.3, 0.4) is 0 Å².